The van der Waals surface area contributed by atoms with Gasteiger partial charge in [0.2, 0.25) is 0 Å². The van der Waals surface area contributed by atoms with E-state index in [0.29, 0.717) is 13.0 Å². The highest BCUT2D eigenvalue weighted by Crippen LogP contribution is 2.47. The van der Waals surface area contributed by atoms with Crippen LogP contribution in [0.25, 0.3) is 5.57 Å². The van der Waals surface area contributed by atoms with Gasteiger partial charge < -0.3 is 9.30 Å². The summed E-state index contributed by atoms with van der Waals surface area (Å²) in [5, 5.41) is 10.1. The Hall–Kier alpha value is -3.42. The molecule has 0 saturated carbocycles. The van der Waals surface area contributed by atoms with E-state index in [1.807, 2.05) is 54.2 Å². The molecule has 0 radical (unpaired) electrons. The van der Waals surface area contributed by atoms with Crippen LogP contribution in [-0.4, -0.2) is 9.55 Å². The lowest BCUT2D eigenvalue weighted by atomic mass is 9.69. The van der Waals surface area contributed by atoms with Crippen molar-refractivity contribution in [2.75, 3.05) is 0 Å². The summed E-state index contributed by atoms with van der Waals surface area (Å²) < 4.78 is 8.45. The molecule has 4 nitrogen and oxygen atoms in total. The quantitative estimate of drug-likeness (QED) is 0.480. The van der Waals surface area contributed by atoms with Crippen LogP contribution in [0.15, 0.2) is 90.9 Å². The molecule has 0 saturated heterocycles. The molecule has 4 rings (SSSR count). The molecule has 2 atom stereocenters. The predicted octanol–water partition coefficient (Wildman–Crippen LogP) is 6.01. The number of allylic oxidation sites excluding steroid dienone is 2. The second-order valence-electron chi connectivity index (χ2n) is 7.99. The average Bonchev–Trinajstić information content (AvgIpc) is 3.26. The number of benzene rings is 2. The van der Waals surface area contributed by atoms with E-state index in [2.05, 4.69) is 54.4 Å². The first-order chi connectivity index (χ1) is 15.2. The van der Waals surface area contributed by atoms with Crippen molar-refractivity contribution < 1.29 is 4.74 Å². The number of aromatic nitrogens is 2. The highest BCUT2D eigenvalue weighted by molar-refractivity contribution is 5.77. The molecular formula is C27H27N3O. The Kier molecular flexibility index (Phi) is 6.16. The molecule has 0 bridgehead atoms. The van der Waals surface area contributed by atoms with Crippen molar-refractivity contribution in [1.29, 1.82) is 5.26 Å². The molecule has 2 aromatic carbocycles. The van der Waals surface area contributed by atoms with E-state index in [1.54, 1.807) is 6.33 Å². The van der Waals surface area contributed by atoms with Crippen molar-refractivity contribution in [2.24, 2.45) is 12.5 Å². The van der Waals surface area contributed by atoms with Crippen LogP contribution >= 0.6 is 0 Å². The Bertz CT molecular complexity index is 1120. The van der Waals surface area contributed by atoms with E-state index in [-0.39, 0.29) is 6.10 Å². The Balaban J connectivity index is 1.74. The van der Waals surface area contributed by atoms with Crippen molar-refractivity contribution in [1.82, 2.24) is 9.55 Å². The zero-order valence-electron chi connectivity index (χ0n) is 18.0. The molecule has 0 aliphatic heterocycles. The number of nitriles is 1. The van der Waals surface area contributed by atoms with Crippen LogP contribution in [0.5, 0.6) is 0 Å². The number of hydrogen-bond donors (Lipinski definition) is 0. The van der Waals surface area contributed by atoms with Gasteiger partial charge in [-0.15, -0.1) is 0 Å². The average molecular weight is 410 g/mol. The maximum Gasteiger partial charge on any atom is 0.124 e. The third-order valence-electron chi connectivity index (χ3n) is 6.10. The highest BCUT2D eigenvalue weighted by Gasteiger charge is 2.36. The first kappa shape index (κ1) is 20.8. The lowest BCUT2D eigenvalue weighted by Crippen LogP contribution is -2.23. The van der Waals surface area contributed by atoms with Crippen molar-refractivity contribution in [3.63, 3.8) is 0 Å². The van der Waals surface area contributed by atoms with Gasteiger partial charge in [-0.25, -0.2) is 4.98 Å². The van der Waals surface area contributed by atoms with Crippen molar-refractivity contribution in [2.45, 2.75) is 32.5 Å². The van der Waals surface area contributed by atoms with Crippen LogP contribution in [-0.2, 0) is 18.4 Å². The summed E-state index contributed by atoms with van der Waals surface area (Å²) in [5.41, 5.74) is 4.80. The normalized spacial score (nSPS) is 19.3. The third kappa shape index (κ3) is 4.23. The minimum absolute atomic E-state index is 0.264. The van der Waals surface area contributed by atoms with Gasteiger partial charge >= 0.3 is 0 Å². The molecular weight excluding hydrogens is 382 g/mol. The number of rotatable bonds is 7. The Labute approximate surface area is 184 Å². The van der Waals surface area contributed by atoms with Gasteiger partial charge in [-0.3, -0.25) is 0 Å². The number of ether oxygens (including phenoxy) is 1. The van der Waals surface area contributed by atoms with Crippen LogP contribution in [0.1, 0.15) is 42.7 Å². The first-order valence-electron chi connectivity index (χ1n) is 10.7. The molecule has 0 N–H and O–H groups in total. The van der Waals surface area contributed by atoms with Gasteiger partial charge in [-0.1, -0.05) is 79.7 Å². The molecule has 0 spiro atoms. The van der Waals surface area contributed by atoms with Crippen LogP contribution in [0.4, 0.5) is 0 Å². The summed E-state index contributed by atoms with van der Waals surface area (Å²) in [6.45, 7) is 2.59. The van der Waals surface area contributed by atoms with Gasteiger partial charge in [-0.05, 0) is 35.1 Å². The van der Waals surface area contributed by atoms with E-state index < -0.39 is 5.41 Å². The lowest BCUT2D eigenvalue weighted by Gasteiger charge is -2.33. The fourth-order valence-electron chi connectivity index (χ4n) is 4.17. The molecule has 1 aliphatic rings. The summed E-state index contributed by atoms with van der Waals surface area (Å²) >= 11 is 0. The number of nitrogens with zero attached hydrogens (tertiary/aromatic N) is 3. The van der Waals surface area contributed by atoms with Gasteiger partial charge in [0.1, 0.15) is 6.10 Å². The molecule has 4 heteroatoms. The molecule has 1 aromatic heterocycles. The van der Waals surface area contributed by atoms with E-state index >= 15 is 0 Å². The van der Waals surface area contributed by atoms with Crippen LogP contribution in [0.3, 0.4) is 0 Å². The molecule has 31 heavy (non-hydrogen) atoms. The van der Waals surface area contributed by atoms with Gasteiger partial charge in [0, 0.05) is 7.05 Å². The molecule has 156 valence electrons. The highest BCUT2D eigenvalue weighted by atomic mass is 16.5. The zero-order chi connectivity index (χ0) is 21.7. The minimum atomic E-state index is -0.526. The predicted molar refractivity (Wildman–Crippen MR) is 123 cm³/mol. The topological polar surface area (TPSA) is 50.8 Å². The van der Waals surface area contributed by atoms with Crippen LogP contribution in [0, 0.1) is 16.7 Å². The number of aryl methyl sites for hydroxylation is 1. The van der Waals surface area contributed by atoms with E-state index in [4.69, 9.17) is 4.74 Å². The first-order valence-corrected chi connectivity index (χ1v) is 10.7. The molecule has 1 heterocycles. The molecule has 0 fully saturated rings. The van der Waals surface area contributed by atoms with Gasteiger partial charge in [-0.2, -0.15) is 5.26 Å². The molecule has 2 unspecified atom stereocenters. The zero-order valence-corrected chi connectivity index (χ0v) is 18.0. The van der Waals surface area contributed by atoms with Crippen molar-refractivity contribution >= 4 is 5.57 Å². The second-order valence-corrected chi connectivity index (χ2v) is 7.99. The largest absolute Gasteiger partial charge is 0.363 e. The number of hydrogen-bond acceptors (Lipinski definition) is 3. The summed E-state index contributed by atoms with van der Waals surface area (Å²) in [4.78, 5) is 4.31. The Morgan fingerprint density at radius 1 is 1.13 bits per heavy atom. The van der Waals surface area contributed by atoms with Crippen LogP contribution in [0.2, 0.25) is 0 Å². The van der Waals surface area contributed by atoms with E-state index in [1.165, 1.54) is 0 Å². The van der Waals surface area contributed by atoms with Gasteiger partial charge in [0.05, 0.1) is 36.3 Å². The number of imidazole rings is 1. The molecule has 0 amide bonds. The van der Waals surface area contributed by atoms with Gasteiger partial charge in [0.25, 0.3) is 0 Å². The molecule has 3 aromatic rings. The minimum Gasteiger partial charge on any atom is -0.363 e. The fraction of sp³-hybridized carbons (Fsp3) is 0.259. The summed E-state index contributed by atoms with van der Waals surface area (Å²) in [6.07, 6.45) is 9.15. The summed E-state index contributed by atoms with van der Waals surface area (Å²) in [7, 11) is 1.98. The SMILES string of the molecule is CCC1(C#N)CC=C(C(OCc2ccccc2)c2cncn2C)C=C1c1ccccc1. The van der Waals surface area contributed by atoms with E-state index in [9.17, 15) is 5.26 Å². The van der Waals surface area contributed by atoms with Crippen molar-refractivity contribution in [3.8, 4) is 6.07 Å². The van der Waals surface area contributed by atoms with E-state index in [0.717, 1.165) is 34.4 Å². The summed E-state index contributed by atoms with van der Waals surface area (Å²) in [5.74, 6) is 0. The smallest absolute Gasteiger partial charge is 0.124 e. The van der Waals surface area contributed by atoms with Crippen molar-refractivity contribution in [3.05, 3.63) is 108 Å². The monoisotopic (exact) mass is 409 g/mol. The second kappa shape index (κ2) is 9.16. The standard InChI is InChI=1S/C27H27N3O/c1-3-27(19-28)15-14-23(16-24(27)22-12-8-5-9-13-22)26(25-17-29-20-30(25)2)31-18-21-10-6-4-7-11-21/h4-14,16-17,20,26H,3,15,18H2,1-2H3. The van der Waals surface area contributed by atoms with Crippen LogP contribution < -0.4 is 0 Å². The maximum absolute atomic E-state index is 10.1. The fourth-order valence-corrected chi connectivity index (χ4v) is 4.17. The Morgan fingerprint density at radius 3 is 2.45 bits per heavy atom. The molecule has 1 aliphatic carbocycles. The summed E-state index contributed by atoms with van der Waals surface area (Å²) in [6, 6.07) is 23.0. The maximum atomic E-state index is 10.1. The Morgan fingerprint density at radius 2 is 1.84 bits per heavy atom. The lowest BCUT2D eigenvalue weighted by molar-refractivity contribution is 0.0612. The third-order valence-corrected chi connectivity index (χ3v) is 6.10. The van der Waals surface area contributed by atoms with Gasteiger partial charge in [0.15, 0.2) is 0 Å².